The number of benzene rings is 1. The monoisotopic (exact) mass is 238 g/mol. The molecule has 16 heavy (non-hydrogen) atoms. The summed E-state index contributed by atoms with van der Waals surface area (Å²) in [6.45, 7) is 6.22. The zero-order valence-electron chi connectivity index (χ0n) is 9.91. The van der Waals surface area contributed by atoms with Gasteiger partial charge in [-0.25, -0.2) is 0 Å². The first-order valence-electron chi connectivity index (χ1n) is 5.88. The number of nitrogens with two attached hydrogens (primary N) is 1. The first-order valence-corrected chi connectivity index (χ1v) is 6.26. The number of anilines is 1. The normalized spacial score (nSPS) is 25.1. The van der Waals surface area contributed by atoms with Crippen molar-refractivity contribution >= 4 is 17.3 Å². The number of hydrogen-bond donors (Lipinski definition) is 1. The molecular formula is C13H19ClN2. The van der Waals surface area contributed by atoms with Crippen LogP contribution in [0, 0.1) is 5.92 Å². The summed E-state index contributed by atoms with van der Waals surface area (Å²) in [6.07, 6.45) is 1.26. The summed E-state index contributed by atoms with van der Waals surface area (Å²) in [4.78, 5) is 2.43. The minimum atomic E-state index is 0.505. The molecule has 3 heteroatoms. The lowest BCUT2D eigenvalue weighted by atomic mass is 10.0. The summed E-state index contributed by atoms with van der Waals surface area (Å²) in [5, 5.41) is 0.784. The fraction of sp³-hybridized carbons (Fsp3) is 0.538. The van der Waals surface area contributed by atoms with Crippen LogP contribution in [0.1, 0.15) is 25.8 Å². The quantitative estimate of drug-likeness (QED) is 0.858. The minimum absolute atomic E-state index is 0.505. The van der Waals surface area contributed by atoms with Gasteiger partial charge < -0.3 is 10.6 Å². The van der Waals surface area contributed by atoms with Gasteiger partial charge >= 0.3 is 0 Å². The Morgan fingerprint density at radius 3 is 2.69 bits per heavy atom. The molecule has 2 rings (SSSR count). The fourth-order valence-electron chi connectivity index (χ4n) is 2.34. The van der Waals surface area contributed by atoms with Crippen LogP contribution in [-0.2, 0) is 6.54 Å². The molecule has 1 aliphatic rings. The fourth-order valence-corrected chi connectivity index (χ4v) is 2.59. The largest absolute Gasteiger partial charge is 0.369 e. The Morgan fingerprint density at radius 1 is 1.44 bits per heavy atom. The second-order valence-electron chi connectivity index (χ2n) is 4.68. The molecule has 0 aromatic heterocycles. The predicted molar refractivity (Wildman–Crippen MR) is 69.9 cm³/mol. The first-order chi connectivity index (χ1) is 7.63. The lowest BCUT2D eigenvalue weighted by Crippen LogP contribution is -2.28. The highest BCUT2D eigenvalue weighted by atomic mass is 35.5. The number of hydrogen-bond acceptors (Lipinski definition) is 2. The summed E-state index contributed by atoms with van der Waals surface area (Å²) in [7, 11) is 0. The van der Waals surface area contributed by atoms with E-state index in [1.54, 1.807) is 0 Å². The molecule has 2 atom stereocenters. The average molecular weight is 239 g/mol. The van der Waals surface area contributed by atoms with Gasteiger partial charge in [-0.1, -0.05) is 24.6 Å². The molecule has 1 aliphatic heterocycles. The van der Waals surface area contributed by atoms with Crippen LogP contribution in [0.25, 0.3) is 0 Å². The third-order valence-corrected chi connectivity index (χ3v) is 4.08. The molecule has 0 amide bonds. The van der Waals surface area contributed by atoms with Gasteiger partial charge in [-0.2, -0.15) is 0 Å². The van der Waals surface area contributed by atoms with Crippen LogP contribution in [0.3, 0.4) is 0 Å². The molecule has 0 spiro atoms. The Hall–Kier alpha value is -0.730. The van der Waals surface area contributed by atoms with E-state index in [-0.39, 0.29) is 0 Å². The summed E-state index contributed by atoms with van der Waals surface area (Å²) in [5.74, 6) is 0.757. The molecule has 0 radical (unpaired) electrons. The molecule has 88 valence electrons. The SMILES string of the molecule is C[C@@H]1CCN(c2ccc(CN)c(Cl)c2)[C@H]1C. The Labute approximate surface area is 102 Å². The van der Waals surface area contributed by atoms with E-state index in [4.69, 9.17) is 17.3 Å². The van der Waals surface area contributed by atoms with Crippen LogP contribution in [-0.4, -0.2) is 12.6 Å². The highest BCUT2D eigenvalue weighted by Gasteiger charge is 2.27. The number of nitrogens with zero attached hydrogens (tertiary/aromatic N) is 1. The molecule has 0 aliphatic carbocycles. The van der Waals surface area contributed by atoms with Crippen LogP contribution in [0.15, 0.2) is 18.2 Å². The van der Waals surface area contributed by atoms with Gasteiger partial charge in [0.15, 0.2) is 0 Å². The molecule has 1 aromatic carbocycles. The van der Waals surface area contributed by atoms with Gasteiger partial charge in [-0.15, -0.1) is 0 Å². The van der Waals surface area contributed by atoms with Crippen LogP contribution in [0.4, 0.5) is 5.69 Å². The van der Waals surface area contributed by atoms with Crippen molar-refractivity contribution < 1.29 is 0 Å². The summed E-state index contributed by atoms with van der Waals surface area (Å²) in [5.41, 5.74) is 7.85. The Balaban J connectivity index is 2.25. The molecular weight excluding hydrogens is 220 g/mol. The predicted octanol–water partition coefficient (Wildman–Crippen LogP) is 3.03. The van der Waals surface area contributed by atoms with E-state index in [0.29, 0.717) is 12.6 Å². The van der Waals surface area contributed by atoms with Crippen molar-refractivity contribution in [2.24, 2.45) is 11.7 Å². The maximum Gasteiger partial charge on any atom is 0.0471 e. The van der Waals surface area contributed by atoms with Crippen molar-refractivity contribution in [1.29, 1.82) is 0 Å². The smallest absolute Gasteiger partial charge is 0.0471 e. The van der Waals surface area contributed by atoms with Gasteiger partial charge in [0.2, 0.25) is 0 Å². The third-order valence-electron chi connectivity index (χ3n) is 3.73. The van der Waals surface area contributed by atoms with Crippen LogP contribution < -0.4 is 10.6 Å². The molecule has 0 bridgehead atoms. The average Bonchev–Trinajstić information content (AvgIpc) is 2.60. The van der Waals surface area contributed by atoms with E-state index >= 15 is 0 Å². The summed E-state index contributed by atoms with van der Waals surface area (Å²) < 4.78 is 0. The third kappa shape index (κ3) is 2.04. The van der Waals surface area contributed by atoms with Crippen molar-refractivity contribution in [3.63, 3.8) is 0 Å². The molecule has 2 N–H and O–H groups in total. The molecule has 0 unspecified atom stereocenters. The second-order valence-corrected chi connectivity index (χ2v) is 5.09. The Bertz CT molecular complexity index is 378. The summed E-state index contributed by atoms with van der Waals surface area (Å²) >= 11 is 6.19. The van der Waals surface area contributed by atoms with Crippen LogP contribution in [0.5, 0.6) is 0 Å². The highest BCUT2D eigenvalue weighted by Crippen LogP contribution is 2.31. The van der Waals surface area contributed by atoms with Crippen LogP contribution in [0.2, 0.25) is 5.02 Å². The maximum absolute atomic E-state index is 6.19. The molecule has 1 saturated heterocycles. The molecule has 1 heterocycles. The van der Waals surface area contributed by atoms with Gasteiger partial charge in [-0.05, 0) is 37.0 Å². The van der Waals surface area contributed by atoms with Gasteiger partial charge in [-0.3, -0.25) is 0 Å². The van der Waals surface area contributed by atoms with Gasteiger partial charge in [0.25, 0.3) is 0 Å². The van der Waals surface area contributed by atoms with Crippen molar-refractivity contribution in [2.75, 3.05) is 11.4 Å². The molecule has 2 nitrogen and oxygen atoms in total. The minimum Gasteiger partial charge on any atom is -0.369 e. The molecule has 1 fully saturated rings. The van der Waals surface area contributed by atoms with E-state index < -0.39 is 0 Å². The lowest BCUT2D eigenvalue weighted by Gasteiger charge is -2.26. The molecule has 1 aromatic rings. The zero-order chi connectivity index (χ0) is 11.7. The van der Waals surface area contributed by atoms with Crippen LogP contribution >= 0.6 is 11.6 Å². The standard InChI is InChI=1S/C13H19ClN2/c1-9-5-6-16(10(9)2)12-4-3-11(8-15)13(14)7-12/h3-4,7,9-10H,5-6,8,15H2,1-2H3/t9-,10+/m1/s1. The van der Waals surface area contributed by atoms with Crippen molar-refractivity contribution in [3.05, 3.63) is 28.8 Å². The van der Waals surface area contributed by atoms with Crippen molar-refractivity contribution in [3.8, 4) is 0 Å². The van der Waals surface area contributed by atoms with Gasteiger partial charge in [0, 0.05) is 29.8 Å². The topological polar surface area (TPSA) is 29.3 Å². The summed E-state index contributed by atoms with van der Waals surface area (Å²) in [6, 6.07) is 6.80. The van der Waals surface area contributed by atoms with Crippen molar-refractivity contribution in [2.45, 2.75) is 32.9 Å². The van der Waals surface area contributed by atoms with Gasteiger partial charge in [0.1, 0.15) is 0 Å². The lowest BCUT2D eigenvalue weighted by molar-refractivity contribution is 0.546. The second kappa shape index (κ2) is 4.64. The zero-order valence-corrected chi connectivity index (χ0v) is 10.7. The van der Waals surface area contributed by atoms with E-state index in [2.05, 4.69) is 24.8 Å². The Morgan fingerprint density at radius 2 is 2.19 bits per heavy atom. The van der Waals surface area contributed by atoms with Gasteiger partial charge in [0.05, 0.1) is 0 Å². The number of halogens is 1. The number of rotatable bonds is 2. The first kappa shape index (κ1) is 11.7. The van der Waals surface area contributed by atoms with Crippen molar-refractivity contribution in [1.82, 2.24) is 0 Å². The van der Waals surface area contributed by atoms with E-state index in [9.17, 15) is 0 Å². The van der Waals surface area contributed by atoms with E-state index in [1.165, 1.54) is 12.1 Å². The molecule has 0 saturated carbocycles. The Kier molecular flexibility index (Phi) is 3.41. The van der Waals surface area contributed by atoms with E-state index in [1.807, 2.05) is 12.1 Å². The highest BCUT2D eigenvalue weighted by molar-refractivity contribution is 6.31. The van der Waals surface area contributed by atoms with E-state index in [0.717, 1.165) is 23.0 Å². The maximum atomic E-state index is 6.19.